The molecule has 0 aliphatic heterocycles. The number of benzene rings is 1. The second-order valence-corrected chi connectivity index (χ2v) is 3.14. The highest BCUT2D eigenvalue weighted by Gasteiger charge is 2.01. The van der Waals surface area contributed by atoms with Crippen molar-refractivity contribution in [2.45, 2.75) is 6.92 Å². The van der Waals surface area contributed by atoms with E-state index >= 15 is 0 Å². The minimum absolute atomic E-state index is 0.627. The highest BCUT2D eigenvalue weighted by Crippen LogP contribution is 2.21. The molecule has 1 heterocycles. The molecule has 78 valence electrons. The molecule has 4 heteroatoms. The van der Waals surface area contributed by atoms with Crippen LogP contribution in [0.1, 0.15) is 6.92 Å². The maximum Gasteiger partial charge on any atom is 0.123 e. The molecule has 2 N–H and O–H groups in total. The van der Waals surface area contributed by atoms with Gasteiger partial charge in [-0.2, -0.15) is 5.10 Å². The van der Waals surface area contributed by atoms with E-state index in [1.165, 1.54) is 0 Å². The molecule has 2 aromatic rings. The molecule has 0 unspecified atom stereocenters. The summed E-state index contributed by atoms with van der Waals surface area (Å²) in [6.45, 7) is 2.57. The van der Waals surface area contributed by atoms with Gasteiger partial charge in [0.15, 0.2) is 0 Å². The van der Waals surface area contributed by atoms with Crippen LogP contribution in [0, 0.1) is 0 Å². The molecule has 4 nitrogen and oxygen atoms in total. The topological polar surface area (TPSA) is 53.1 Å². The van der Waals surface area contributed by atoms with Crippen molar-refractivity contribution in [3.05, 3.63) is 36.7 Å². The van der Waals surface area contributed by atoms with Crippen LogP contribution in [-0.2, 0) is 0 Å². The summed E-state index contributed by atoms with van der Waals surface area (Å²) in [5.74, 6) is 0.767. The van der Waals surface area contributed by atoms with E-state index in [0.29, 0.717) is 12.3 Å². The minimum atomic E-state index is 0.627. The standard InChI is InChI=1S/C11H13N3O/c1-2-15-11-7-9(12)6-10(8-11)14-5-3-4-13-14/h3-8H,2,12H2,1H3. The van der Waals surface area contributed by atoms with Gasteiger partial charge in [-0.3, -0.25) is 0 Å². The Labute approximate surface area is 88.3 Å². The van der Waals surface area contributed by atoms with E-state index in [2.05, 4.69) is 5.10 Å². The van der Waals surface area contributed by atoms with Gasteiger partial charge in [0.25, 0.3) is 0 Å². The number of nitrogens with two attached hydrogens (primary N) is 1. The normalized spacial score (nSPS) is 10.2. The maximum atomic E-state index is 5.77. The summed E-state index contributed by atoms with van der Waals surface area (Å²) in [7, 11) is 0. The zero-order valence-electron chi connectivity index (χ0n) is 8.55. The smallest absolute Gasteiger partial charge is 0.123 e. The number of ether oxygens (including phenoxy) is 1. The molecule has 0 saturated carbocycles. The number of aromatic nitrogens is 2. The van der Waals surface area contributed by atoms with Gasteiger partial charge in [0, 0.05) is 30.2 Å². The molecular weight excluding hydrogens is 190 g/mol. The number of nitrogen functional groups attached to an aromatic ring is 1. The molecule has 1 aromatic heterocycles. The molecule has 0 aliphatic carbocycles. The van der Waals surface area contributed by atoms with Crippen LogP contribution in [0.2, 0.25) is 0 Å². The van der Waals surface area contributed by atoms with Crippen LogP contribution in [-0.4, -0.2) is 16.4 Å². The van der Waals surface area contributed by atoms with Crippen molar-refractivity contribution in [1.29, 1.82) is 0 Å². The molecule has 15 heavy (non-hydrogen) atoms. The lowest BCUT2D eigenvalue weighted by Gasteiger charge is -2.07. The van der Waals surface area contributed by atoms with Gasteiger partial charge in [0.05, 0.1) is 12.3 Å². The lowest BCUT2D eigenvalue weighted by molar-refractivity contribution is 0.340. The SMILES string of the molecule is CCOc1cc(N)cc(-n2cccn2)c1. The van der Waals surface area contributed by atoms with Gasteiger partial charge in [0.1, 0.15) is 5.75 Å². The summed E-state index contributed by atoms with van der Waals surface area (Å²) in [5, 5.41) is 4.13. The first-order chi connectivity index (χ1) is 7.29. The quantitative estimate of drug-likeness (QED) is 0.774. The van der Waals surface area contributed by atoms with Gasteiger partial charge in [-0.15, -0.1) is 0 Å². The third-order valence-corrected chi connectivity index (χ3v) is 1.99. The predicted molar refractivity (Wildman–Crippen MR) is 59.1 cm³/mol. The van der Waals surface area contributed by atoms with E-state index in [4.69, 9.17) is 10.5 Å². The molecule has 0 atom stereocenters. The number of hydrogen-bond acceptors (Lipinski definition) is 3. The van der Waals surface area contributed by atoms with Gasteiger partial charge in [-0.25, -0.2) is 4.68 Å². The monoisotopic (exact) mass is 203 g/mol. The van der Waals surface area contributed by atoms with Gasteiger partial charge < -0.3 is 10.5 Å². The molecular formula is C11H13N3O. The van der Waals surface area contributed by atoms with Gasteiger partial charge >= 0.3 is 0 Å². The van der Waals surface area contributed by atoms with Crippen molar-refractivity contribution in [2.24, 2.45) is 0 Å². The number of anilines is 1. The largest absolute Gasteiger partial charge is 0.494 e. The third-order valence-electron chi connectivity index (χ3n) is 1.99. The minimum Gasteiger partial charge on any atom is -0.494 e. The fourth-order valence-corrected chi connectivity index (χ4v) is 1.41. The second kappa shape index (κ2) is 4.04. The van der Waals surface area contributed by atoms with Crippen molar-refractivity contribution < 1.29 is 4.74 Å². The van der Waals surface area contributed by atoms with Crippen molar-refractivity contribution >= 4 is 5.69 Å². The molecule has 1 aromatic carbocycles. The predicted octanol–water partition coefficient (Wildman–Crippen LogP) is 1.85. The van der Waals surface area contributed by atoms with Crippen LogP contribution in [0.25, 0.3) is 5.69 Å². The zero-order valence-corrected chi connectivity index (χ0v) is 8.55. The van der Waals surface area contributed by atoms with Crippen LogP contribution in [0.3, 0.4) is 0 Å². The Kier molecular flexibility index (Phi) is 2.58. The van der Waals surface area contributed by atoms with Crippen LogP contribution < -0.4 is 10.5 Å². The van der Waals surface area contributed by atoms with Gasteiger partial charge in [-0.05, 0) is 19.1 Å². The Bertz CT molecular complexity index is 437. The fourth-order valence-electron chi connectivity index (χ4n) is 1.41. The molecule has 0 spiro atoms. The fraction of sp³-hybridized carbons (Fsp3) is 0.182. The van der Waals surface area contributed by atoms with Crippen molar-refractivity contribution in [2.75, 3.05) is 12.3 Å². The van der Waals surface area contributed by atoms with Crippen LogP contribution >= 0.6 is 0 Å². The second-order valence-electron chi connectivity index (χ2n) is 3.14. The molecule has 0 amide bonds. The summed E-state index contributed by atoms with van der Waals surface area (Å²) in [4.78, 5) is 0. The van der Waals surface area contributed by atoms with Crippen molar-refractivity contribution in [3.8, 4) is 11.4 Å². The van der Waals surface area contributed by atoms with E-state index in [1.807, 2.05) is 31.3 Å². The first kappa shape index (κ1) is 9.58. The van der Waals surface area contributed by atoms with Crippen molar-refractivity contribution in [1.82, 2.24) is 9.78 Å². The number of hydrogen-bond donors (Lipinski definition) is 1. The molecule has 0 aliphatic rings. The molecule has 0 saturated heterocycles. The Morgan fingerprint density at radius 2 is 2.27 bits per heavy atom. The first-order valence-electron chi connectivity index (χ1n) is 4.83. The van der Waals surface area contributed by atoms with Gasteiger partial charge in [-0.1, -0.05) is 0 Å². The van der Waals surface area contributed by atoms with Crippen LogP contribution in [0.5, 0.6) is 5.75 Å². The number of rotatable bonds is 3. The lowest BCUT2D eigenvalue weighted by atomic mass is 10.2. The lowest BCUT2D eigenvalue weighted by Crippen LogP contribution is -1.99. The Morgan fingerprint density at radius 3 is 2.93 bits per heavy atom. The van der Waals surface area contributed by atoms with E-state index < -0.39 is 0 Å². The summed E-state index contributed by atoms with van der Waals surface area (Å²) in [6.07, 6.45) is 3.59. The number of nitrogens with zero attached hydrogens (tertiary/aromatic N) is 2. The summed E-state index contributed by atoms with van der Waals surface area (Å²) in [5.41, 5.74) is 7.35. The van der Waals surface area contributed by atoms with E-state index in [-0.39, 0.29) is 0 Å². The highest BCUT2D eigenvalue weighted by atomic mass is 16.5. The summed E-state index contributed by atoms with van der Waals surface area (Å²) < 4.78 is 7.15. The molecule has 0 bridgehead atoms. The first-order valence-corrected chi connectivity index (χ1v) is 4.83. The Hall–Kier alpha value is -1.97. The Morgan fingerprint density at radius 1 is 1.40 bits per heavy atom. The highest BCUT2D eigenvalue weighted by molar-refractivity contribution is 5.53. The molecule has 0 radical (unpaired) electrons. The van der Waals surface area contributed by atoms with E-state index in [9.17, 15) is 0 Å². The van der Waals surface area contributed by atoms with Crippen LogP contribution in [0.15, 0.2) is 36.7 Å². The average molecular weight is 203 g/mol. The van der Waals surface area contributed by atoms with E-state index in [0.717, 1.165) is 11.4 Å². The van der Waals surface area contributed by atoms with E-state index in [1.54, 1.807) is 16.9 Å². The summed E-state index contributed by atoms with van der Waals surface area (Å²) in [6, 6.07) is 7.43. The van der Waals surface area contributed by atoms with Gasteiger partial charge in [0.2, 0.25) is 0 Å². The molecule has 0 fully saturated rings. The molecule has 2 rings (SSSR count). The van der Waals surface area contributed by atoms with Crippen molar-refractivity contribution in [3.63, 3.8) is 0 Å². The third kappa shape index (κ3) is 2.10. The average Bonchev–Trinajstić information content (AvgIpc) is 2.70. The maximum absolute atomic E-state index is 5.77. The Balaban J connectivity index is 2.40. The van der Waals surface area contributed by atoms with Crippen LogP contribution in [0.4, 0.5) is 5.69 Å². The zero-order chi connectivity index (χ0) is 10.7. The summed E-state index contributed by atoms with van der Waals surface area (Å²) >= 11 is 0.